The maximum atomic E-state index is 10.0. The SMILES string of the molecule is CC(=O)/C=C(/C)O.C[Si]1(C)c2c([c-]cc3ccccc23)-c2nccc3oc4cccc1c4c23.[Ir]. The molecule has 5 aromatic rings. The fourth-order valence-corrected chi connectivity index (χ4v) is 8.32. The molecular weight excluding hydrogens is 619 g/mol. The molecule has 0 aliphatic carbocycles. The topological polar surface area (TPSA) is 63.3 Å². The number of aliphatic hydroxyl groups excluding tert-OH is 1. The van der Waals surface area contributed by atoms with E-state index in [1.165, 1.54) is 46.5 Å². The van der Waals surface area contributed by atoms with Gasteiger partial charge in [-0.1, -0.05) is 65.5 Å². The molecule has 0 fully saturated rings. The summed E-state index contributed by atoms with van der Waals surface area (Å²) in [6.07, 6.45) is 3.02. The summed E-state index contributed by atoms with van der Waals surface area (Å²) in [6.45, 7) is 7.72. The van der Waals surface area contributed by atoms with Gasteiger partial charge in [0.1, 0.15) is 11.2 Å². The number of benzene rings is 3. The number of aliphatic hydroxyl groups is 1. The number of rotatable bonds is 1. The zero-order valence-corrected chi connectivity index (χ0v) is 22.8. The van der Waals surface area contributed by atoms with Crippen molar-refractivity contribution < 1.29 is 34.4 Å². The molecule has 0 atom stereocenters. The number of nitrogens with zero attached hydrogens (tertiary/aromatic N) is 1. The van der Waals surface area contributed by atoms with E-state index in [9.17, 15) is 4.79 Å². The van der Waals surface area contributed by atoms with Gasteiger partial charge in [-0.05, 0) is 31.7 Å². The predicted molar refractivity (Wildman–Crippen MR) is 137 cm³/mol. The summed E-state index contributed by atoms with van der Waals surface area (Å²) < 4.78 is 6.17. The third-order valence-corrected chi connectivity index (χ3v) is 9.74. The van der Waals surface area contributed by atoms with E-state index >= 15 is 0 Å². The number of aromatic nitrogens is 1. The molecule has 0 amide bonds. The molecule has 0 unspecified atom stereocenters. The second-order valence-electron chi connectivity index (χ2n) is 8.96. The molecule has 4 nitrogen and oxygen atoms in total. The van der Waals surface area contributed by atoms with Crippen LogP contribution in [0.2, 0.25) is 13.1 Å². The van der Waals surface area contributed by atoms with Crippen LogP contribution in [-0.4, -0.2) is 23.9 Å². The molecule has 6 rings (SSSR count). The Kier molecular flexibility index (Phi) is 6.34. The van der Waals surface area contributed by atoms with Gasteiger partial charge in [-0.25, -0.2) is 0 Å². The molecule has 3 aromatic carbocycles. The molecule has 2 aromatic heterocycles. The normalized spacial score (nSPS) is 13.7. The number of fused-ring (bicyclic) bond motifs is 4. The maximum Gasteiger partial charge on any atom is 0.155 e. The number of pyridine rings is 1. The van der Waals surface area contributed by atoms with Crippen LogP contribution in [0.4, 0.5) is 0 Å². The van der Waals surface area contributed by atoms with Crippen LogP contribution in [0, 0.1) is 6.07 Å². The smallest absolute Gasteiger partial charge is 0.155 e. The molecule has 1 aliphatic heterocycles. The summed E-state index contributed by atoms with van der Waals surface area (Å²) in [4.78, 5) is 14.8. The van der Waals surface area contributed by atoms with Crippen molar-refractivity contribution in [2.45, 2.75) is 26.9 Å². The second-order valence-corrected chi connectivity index (χ2v) is 13.2. The summed E-state index contributed by atoms with van der Waals surface area (Å²) in [5.41, 5.74) is 4.03. The Bertz CT molecular complexity index is 1600. The third kappa shape index (κ3) is 3.82. The van der Waals surface area contributed by atoms with Crippen molar-refractivity contribution in [3.63, 3.8) is 0 Å². The number of furan rings is 1. The monoisotopic (exact) mass is 643 g/mol. The minimum absolute atomic E-state index is 0. The Balaban J connectivity index is 0.000000303. The van der Waals surface area contributed by atoms with Crippen LogP contribution in [0.25, 0.3) is 44.0 Å². The van der Waals surface area contributed by atoms with Gasteiger partial charge in [-0.2, -0.15) is 0 Å². The van der Waals surface area contributed by atoms with Crippen molar-refractivity contribution in [2.75, 3.05) is 0 Å². The van der Waals surface area contributed by atoms with Gasteiger partial charge in [-0.15, -0.1) is 22.9 Å². The maximum absolute atomic E-state index is 10.0. The van der Waals surface area contributed by atoms with Crippen molar-refractivity contribution in [3.8, 4) is 11.3 Å². The average molecular weight is 643 g/mol. The first-order valence-electron chi connectivity index (χ1n) is 10.9. The van der Waals surface area contributed by atoms with Crippen molar-refractivity contribution in [1.82, 2.24) is 4.98 Å². The Hall–Kier alpha value is -3.05. The Morgan fingerprint density at radius 1 is 1.03 bits per heavy atom. The number of allylic oxidation sites excluding steroid dienone is 2. The van der Waals surface area contributed by atoms with E-state index in [4.69, 9.17) is 14.5 Å². The number of carbonyl (C=O) groups is 1. The van der Waals surface area contributed by atoms with Crippen molar-refractivity contribution >= 4 is 56.9 Å². The molecule has 0 saturated heterocycles. The van der Waals surface area contributed by atoms with Crippen molar-refractivity contribution in [2.24, 2.45) is 0 Å². The van der Waals surface area contributed by atoms with Gasteiger partial charge in [0.2, 0.25) is 0 Å². The van der Waals surface area contributed by atoms with E-state index in [-0.39, 0.29) is 31.6 Å². The van der Waals surface area contributed by atoms with Gasteiger partial charge in [0.25, 0.3) is 0 Å². The van der Waals surface area contributed by atoms with Crippen molar-refractivity contribution in [1.29, 1.82) is 0 Å². The van der Waals surface area contributed by atoms with E-state index in [1.807, 2.05) is 12.3 Å². The van der Waals surface area contributed by atoms with E-state index in [0.29, 0.717) is 0 Å². The molecule has 0 bridgehead atoms. The second kappa shape index (κ2) is 8.95. The molecule has 0 spiro atoms. The van der Waals surface area contributed by atoms with Crippen LogP contribution >= 0.6 is 0 Å². The largest absolute Gasteiger partial charge is 0.512 e. The number of ketones is 1. The fourth-order valence-electron chi connectivity index (χ4n) is 4.95. The third-order valence-electron chi connectivity index (χ3n) is 6.21. The standard InChI is InChI=1S/C23H16NOSi.C5H8O2.Ir/c1-26(2)19-9-5-8-17-20(19)21-18(25-17)12-13-24-22(21)16-11-10-14-6-3-4-7-15(14)23(16)26;1-4(6)3-5(2)7;/h3-10,12-13H,1-2H3;3,6H,1-2H3;/q-1;;/b;4-3-;. The molecule has 173 valence electrons. The molecule has 1 N–H and O–H groups in total. The zero-order valence-electron chi connectivity index (χ0n) is 19.4. The summed E-state index contributed by atoms with van der Waals surface area (Å²) in [5, 5.41) is 16.2. The van der Waals surface area contributed by atoms with E-state index in [0.717, 1.165) is 27.8 Å². The van der Waals surface area contributed by atoms with Crippen LogP contribution in [-0.2, 0) is 24.9 Å². The van der Waals surface area contributed by atoms with Crippen LogP contribution in [0.15, 0.2) is 77.0 Å². The van der Waals surface area contributed by atoms with E-state index in [2.05, 4.69) is 67.7 Å². The minimum Gasteiger partial charge on any atom is -0.512 e. The summed E-state index contributed by atoms with van der Waals surface area (Å²) in [7, 11) is -1.99. The predicted octanol–water partition coefficient (Wildman–Crippen LogP) is 5.77. The quantitative estimate of drug-likeness (QED) is 0.109. The molecule has 0 saturated carbocycles. The van der Waals surface area contributed by atoms with Gasteiger partial charge < -0.3 is 14.5 Å². The molecule has 3 heterocycles. The molecule has 1 aliphatic rings. The van der Waals surface area contributed by atoms with Gasteiger partial charge in [0.15, 0.2) is 5.78 Å². The van der Waals surface area contributed by atoms with Gasteiger partial charge in [-0.3, -0.25) is 4.79 Å². The Morgan fingerprint density at radius 3 is 2.47 bits per heavy atom. The first-order valence-corrected chi connectivity index (χ1v) is 13.9. The molecule has 34 heavy (non-hydrogen) atoms. The average Bonchev–Trinajstić information content (AvgIpc) is 3.12. The Morgan fingerprint density at radius 2 is 1.76 bits per heavy atom. The fraction of sp³-hybridized carbons (Fsp3) is 0.143. The summed E-state index contributed by atoms with van der Waals surface area (Å²) >= 11 is 0. The number of hydrogen-bond donors (Lipinski definition) is 1. The number of carbonyl (C=O) groups excluding carboxylic acids is 1. The molecule has 6 heteroatoms. The van der Waals surface area contributed by atoms with Crippen LogP contribution in [0.5, 0.6) is 0 Å². The van der Waals surface area contributed by atoms with Crippen LogP contribution < -0.4 is 10.4 Å². The van der Waals surface area contributed by atoms with Crippen LogP contribution in [0.3, 0.4) is 0 Å². The first kappa shape index (κ1) is 24.1. The van der Waals surface area contributed by atoms with Gasteiger partial charge >= 0.3 is 0 Å². The molecular formula is C28H24IrNO3Si-. The zero-order chi connectivity index (χ0) is 23.3. The van der Waals surface area contributed by atoms with E-state index in [1.54, 1.807) is 0 Å². The minimum atomic E-state index is -1.99. The van der Waals surface area contributed by atoms with E-state index < -0.39 is 8.07 Å². The van der Waals surface area contributed by atoms with Crippen molar-refractivity contribution in [3.05, 3.63) is 78.7 Å². The first-order chi connectivity index (χ1) is 15.8. The van der Waals surface area contributed by atoms with Crippen LogP contribution in [0.1, 0.15) is 13.8 Å². The molecule has 1 radical (unpaired) electrons. The number of hydrogen-bond acceptors (Lipinski definition) is 4. The summed E-state index contributed by atoms with van der Waals surface area (Å²) in [6, 6.07) is 22.8. The van der Waals surface area contributed by atoms with Gasteiger partial charge in [0, 0.05) is 43.2 Å². The summed E-state index contributed by atoms with van der Waals surface area (Å²) in [5.74, 6) is -0.0625. The van der Waals surface area contributed by atoms with Gasteiger partial charge in [0.05, 0.1) is 13.8 Å². The Labute approximate surface area is 212 Å².